The maximum atomic E-state index is 3.96. The third kappa shape index (κ3) is 6.60. The van der Waals surface area contributed by atoms with Crippen molar-refractivity contribution in [2.75, 3.05) is 0 Å². The van der Waals surface area contributed by atoms with E-state index in [1.54, 1.807) is 0 Å². The lowest BCUT2D eigenvalue weighted by atomic mass is 9.93. The van der Waals surface area contributed by atoms with E-state index in [9.17, 15) is 0 Å². The normalized spacial score (nSPS) is 28.8. The molecule has 40 heavy (non-hydrogen) atoms. The van der Waals surface area contributed by atoms with Crippen molar-refractivity contribution in [2.24, 2.45) is 0 Å². The largest absolute Gasteiger partial charge is 0.0985 e. The van der Waals surface area contributed by atoms with E-state index in [1.165, 1.54) is 44.5 Å². The number of benzene rings is 2. The van der Waals surface area contributed by atoms with Crippen LogP contribution in [0.2, 0.25) is 0 Å². The van der Waals surface area contributed by atoms with E-state index < -0.39 is 0 Å². The standard InChI is InChI=1S/2C16H14Br4/c2*1-3-9-5-10(4-2)12(14-8-16(14,19)20)6-11(9)13-7-15(13,17)18/h2*3-6,13-14H,1-2,7-8H2/t2*13-,14-/m11/s1. The van der Waals surface area contributed by atoms with E-state index in [0.29, 0.717) is 23.7 Å². The number of hydrogen-bond donors (Lipinski definition) is 0. The molecule has 212 valence electrons. The maximum absolute atomic E-state index is 3.96. The molecule has 0 bridgehead atoms. The molecule has 4 saturated carbocycles. The molecular formula is C32H28Br8. The second-order valence-corrected chi connectivity index (χ2v) is 26.7. The molecule has 0 nitrogen and oxygen atoms in total. The molecule has 0 heterocycles. The Bertz CT molecular complexity index is 1210. The Balaban J connectivity index is 0.000000161. The number of rotatable bonds is 8. The smallest absolute Gasteiger partial charge is 0.0881 e. The highest BCUT2D eigenvalue weighted by Gasteiger charge is 2.55. The molecular weight excluding hydrogens is 1020 g/mol. The fourth-order valence-electron chi connectivity index (χ4n) is 5.45. The molecule has 2 aromatic carbocycles. The van der Waals surface area contributed by atoms with Gasteiger partial charge >= 0.3 is 0 Å². The van der Waals surface area contributed by atoms with Gasteiger partial charge in [0.25, 0.3) is 0 Å². The van der Waals surface area contributed by atoms with Gasteiger partial charge in [0, 0.05) is 23.7 Å². The van der Waals surface area contributed by atoms with Gasteiger partial charge in [-0.25, -0.2) is 0 Å². The molecule has 0 unspecified atom stereocenters. The van der Waals surface area contributed by atoms with Gasteiger partial charge < -0.3 is 0 Å². The third-order valence-corrected chi connectivity index (χ3v) is 15.3. The molecule has 2 aromatic rings. The zero-order chi connectivity index (χ0) is 29.4. The first-order chi connectivity index (χ1) is 18.6. The fourth-order valence-corrected chi connectivity index (χ4v) is 10.0. The highest BCUT2D eigenvalue weighted by molar-refractivity contribution is 9.26. The first kappa shape index (κ1) is 32.6. The molecule has 4 aliphatic carbocycles. The first-order valence-electron chi connectivity index (χ1n) is 13.0. The molecule has 0 radical (unpaired) electrons. The van der Waals surface area contributed by atoms with Gasteiger partial charge in [-0.1, -0.05) is 190 Å². The molecule has 0 aliphatic heterocycles. The van der Waals surface area contributed by atoms with Gasteiger partial charge in [-0.3, -0.25) is 0 Å². The fraction of sp³-hybridized carbons (Fsp3) is 0.375. The summed E-state index contributed by atoms with van der Waals surface area (Å²) in [4.78, 5) is 0. The van der Waals surface area contributed by atoms with E-state index in [4.69, 9.17) is 0 Å². The highest BCUT2D eigenvalue weighted by Crippen LogP contribution is 2.67. The van der Waals surface area contributed by atoms with Gasteiger partial charge in [0.15, 0.2) is 0 Å². The topological polar surface area (TPSA) is 0 Å². The lowest BCUT2D eigenvalue weighted by Crippen LogP contribution is -1.99. The zero-order valence-electron chi connectivity index (χ0n) is 21.6. The average Bonchev–Trinajstić information content (AvgIpc) is 3.85. The summed E-state index contributed by atoms with van der Waals surface area (Å²) in [6.07, 6.45) is 12.2. The van der Waals surface area contributed by atoms with Crippen LogP contribution in [-0.4, -0.2) is 12.9 Å². The van der Waals surface area contributed by atoms with Gasteiger partial charge in [0.1, 0.15) is 0 Å². The Hall–Kier alpha value is 1.24. The first-order valence-corrected chi connectivity index (χ1v) is 19.3. The number of alkyl halides is 8. The van der Waals surface area contributed by atoms with E-state index in [2.05, 4.69) is 178 Å². The number of hydrogen-bond acceptors (Lipinski definition) is 0. The molecule has 6 rings (SSSR count). The van der Waals surface area contributed by atoms with Crippen LogP contribution in [-0.2, 0) is 0 Å². The minimum absolute atomic E-state index is 0.0637. The summed E-state index contributed by atoms with van der Waals surface area (Å²) in [5.74, 6) is 2.03. The van der Waals surface area contributed by atoms with Gasteiger partial charge in [0.05, 0.1) is 12.9 Å². The predicted octanol–water partition coefficient (Wildman–Crippen LogP) is 13.8. The molecule has 0 amide bonds. The molecule has 0 spiro atoms. The second-order valence-electron chi connectivity index (χ2n) is 11.1. The van der Waals surface area contributed by atoms with Crippen molar-refractivity contribution < 1.29 is 0 Å². The third-order valence-electron chi connectivity index (χ3n) is 8.26. The Morgan fingerprint density at radius 2 is 0.600 bits per heavy atom. The molecule has 0 N–H and O–H groups in total. The van der Waals surface area contributed by atoms with Crippen molar-refractivity contribution in [3.63, 3.8) is 0 Å². The van der Waals surface area contributed by atoms with E-state index >= 15 is 0 Å². The summed E-state index contributed by atoms with van der Waals surface area (Å²) in [6.45, 7) is 15.8. The lowest BCUT2D eigenvalue weighted by molar-refractivity contribution is 1.06. The van der Waals surface area contributed by atoms with Crippen LogP contribution in [0.15, 0.2) is 50.6 Å². The summed E-state index contributed by atoms with van der Waals surface area (Å²) in [7, 11) is 0. The van der Waals surface area contributed by atoms with Crippen LogP contribution in [0.3, 0.4) is 0 Å². The van der Waals surface area contributed by atoms with Crippen LogP contribution >= 0.6 is 127 Å². The van der Waals surface area contributed by atoms with E-state index in [0.717, 1.165) is 25.7 Å². The summed E-state index contributed by atoms with van der Waals surface area (Å²) >= 11 is 29.9. The van der Waals surface area contributed by atoms with Crippen molar-refractivity contribution >= 4 is 152 Å². The van der Waals surface area contributed by atoms with E-state index in [1.807, 2.05) is 24.3 Å². The molecule has 8 heteroatoms. The SMILES string of the molecule is C=Cc1cc(C=C)c([C@H]2CC2(Br)Br)cc1[C@H]1CC1(Br)Br.C=Cc1cc(C=C)c([C@H]2CC2(Br)Br)cc1[C@H]1CC1(Br)Br. The van der Waals surface area contributed by atoms with Crippen LogP contribution in [0, 0.1) is 0 Å². The minimum atomic E-state index is 0.0637. The maximum Gasteiger partial charge on any atom is 0.0881 e. The Kier molecular flexibility index (Phi) is 9.42. The second kappa shape index (κ2) is 11.6. The Morgan fingerprint density at radius 3 is 0.725 bits per heavy atom. The van der Waals surface area contributed by atoms with Gasteiger partial charge in [0.2, 0.25) is 0 Å². The Labute approximate surface area is 305 Å². The minimum Gasteiger partial charge on any atom is -0.0985 e. The predicted molar refractivity (Wildman–Crippen MR) is 205 cm³/mol. The summed E-state index contributed by atoms with van der Waals surface area (Å²) in [5.41, 5.74) is 10.3. The monoisotopic (exact) mass is 1040 g/mol. The van der Waals surface area contributed by atoms with Crippen molar-refractivity contribution in [3.8, 4) is 0 Å². The molecule has 4 fully saturated rings. The van der Waals surface area contributed by atoms with Crippen LogP contribution in [0.1, 0.15) is 93.9 Å². The van der Waals surface area contributed by atoms with Crippen molar-refractivity contribution in [1.82, 2.24) is 0 Å². The zero-order valence-corrected chi connectivity index (χ0v) is 34.3. The molecule has 0 saturated heterocycles. The molecule has 0 aromatic heterocycles. The highest BCUT2D eigenvalue weighted by atomic mass is 79.9. The van der Waals surface area contributed by atoms with Crippen LogP contribution < -0.4 is 0 Å². The van der Waals surface area contributed by atoms with Crippen LogP contribution in [0.5, 0.6) is 0 Å². The summed E-state index contributed by atoms with van der Waals surface area (Å²) < 4.78 is 0.255. The van der Waals surface area contributed by atoms with Gasteiger partial charge in [-0.2, -0.15) is 0 Å². The lowest BCUT2D eigenvalue weighted by Gasteiger charge is -2.14. The van der Waals surface area contributed by atoms with Crippen molar-refractivity contribution in [1.29, 1.82) is 0 Å². The Morgan fingerprint density at radius 1 is 0.425 bits per heavy atom. The van der Waals surface area contributed by atoms with Crippen LogP contribution in [0.25, 0.3) is 24.3 Å². The van der Waals surface area contributed by atoms with Crippen molar-refractivity contribution in [2.45, 2.75) is 62.3 Å². The van der Waals surface area contributed by atoms with Crippen LogP contribution in [0.4, 0.5) is 0 Å². The number of halogens is 8. The average molecular weight is 1050 g/mol. The van der Waals surface area contributed by atoms with Gasteiger partial charge in [-0.05, 0) is 82.3 Å². The van der Waals surface area contributed by atoms with E-state index in [-0.39, 0.29) is 12.9 Å². The summed E-state index contributed by atoms with van der Waals surface area (Å²) in [6, 6.07) is 9.12. The molecule has 4 aliphatic rings. The quantitative estimate of drug-likeness (QED) is 0.231. The van der Waals surface area contributed by atoms with Gasteiger partial charge in [-0.15, -0.1) is 0 Å². The summed E-state index contributed by atoms with van der Waals surface area (Å²) in [5, 5.41) is 0. The molecule has 4 atom stereocenters. The van der Waals surface area contributed by atoms with Crippen molar-refractivity contribution in [3.05, 3.63) is 95.1 Å².